The molecule has 0 amide bonds. The van der Waals surface area contributed by atoms with Gasteiger partial charge in [0, 0.05) is 29.8 Å². The van der Waals surface area contributed by atoms with Crippen molar-refractivity contribution < 1.29 is 14.3 Å². The molecule has 0 saturated carbocycles. The van der Waals surface area contributed by atoms with Gasteiger partial charge >= 0.3 is 5.97 Å². The Hall–Kier alpha value is -2.92. The number of hydrogen-bond donors (Lipinski definition) is 0. The molecule has 0 fully saturated rings. The lowest BCUT2D eigenvalue weighted by atomic mass is 10.1. The van der Waals surface area contributed by atoms with E-state index in [2.05, 4.69) is 0 Å². The maximum absolute atomic E-state index is 12.8. The van der Waals surface area contributed by atoms with Crippen LogP contribution < -0.4 is 5.56 Å². The number of pyridine rings is 1. The minimum atomic E-state index is -0.478. The largest absolute Gasteiger partial charge is 0.460 e. The molecule has 0 radical (unpaired) electrons. The molecule has 0 bridgehead atoms. The lowest BCUT2D eigenvalue weighted by Gasteiger charge is -2.12. The van der Waals surface area contributed by atoms with Crippen molar-refractivity contribution >= 4 is 16.7 Å². The van der Waals surface area contributed by atoms with Gasteiger partial charge in [-0.05, 0) is 25.1 Å². The molecule has 0 unspecified atom stereocenters. The van der Waals surface area contributed by atoms with E-state index in [0.29, 0.717) is 28.6 Å². The molecular formula is C20H19NO4. The van der Waals surface area contributed by atoms with Crippen LogP contribution in [-0.2, 0) is 9.47 Å². The van der Waals surface area contributed by atoms with Gasteiger partial charge in [-0.3, -0.25) is 9.36 Å². The number of carbonyl (C=O) groups is 1. The summed E-state index contributed by atoms with van der Waals surface area (Å²) in [5, 5.41) is 1.06. The Bertz CT molecular complexity index is 958. The molecule has 1 heterocycles. The highest BCUT2D eigenvalue weighted by Crippen LogP contribution is 2.19. The minimum absolute atomic E-state index is 0.160. The molecule has 0 spiro atoms. The van der Waals surface area contributed by atoms with Crippen molar-refractivity contribution in [3.8, 4) is 5.69 Å². The van der Waals surface area contributed by atoms with Crippen LogP contribution in [0.2, 0.25) is 0 Å². The van der Waals surface area contributed by atoms with Crippen LogP contribution in [0, 0.1) is 6.92 Å². The number of carbonyl (C=O) groups excluding carboxylic acids is 1. The van der Waals surface area contributed by atoms with E-state index in [9.17, 15) is 9.59 Å². The lowest BCUT2D eigenvalue weighted by molar-refractivity contribution is 0.0389. The highest BCUT2D eigenvalue weighted by molar-refractivity contribution is 6.04. The number of benzene rings is 2. The Morgan fingerprint density at radius 2 is 1.68 bits per heavy atom. The Kier molecular flexibility index (Phi) is 4.95. The number of esters is 1. The second-order valence-electron chi connectivity index (χ2n) is 5.73. The van der Waals surface area contributed by atoms with Crippen LogP contribution in [0.1, 0.15) is 15.9 Å². The van der Waals surface area contributed by atoms with Crippen LogP contribution in [0.25, 0.3) is 16.5 Å². The van der Waals surface area contributed by atoms with Crippen LogP contribution in [0.15, 0.2) is 59.5 Å². The van der Waals surface area contributed by atoms with Crippen molar-refractivity contribution in [1.82, 2.24) is 4.57 Å². The average Bonchev–Trinajstić information content (AvgIpc) is 2.63. The molecule has 0 aliphatic carbocycles. The first-order valence-electron chi connectivity index (χ1n) is 7.99. The first-order chi connectivity index (χ1) is 12.1. The molecule has 5 heteroatoms. The van der Waals surface area contributed by atoms with E-state index in [1.807, 2.05) is 31.2 Å². The fraction of sp³-hybridized carbons (Fsp3) is 0.200. The van der Waals surface area contributed by atoms with Gasteiger partial charge in [0.2, 0.25) is 0 Å². The minimum Gasteiger partial charge on any atom is -0.460 e. The van der Waals surface area contributed by atoms with Crippen molar-refractivity contribution in [2.75, 3.05) is 20.3 Å². The first kappa shape index (κ1) is 16.9. The number of aromatic nitrogens is 1. The fourth-order valence-electron chi connectivity index (χ4n) is 2.65. The summed E-state index contributed by atoms with van der Waals surface area (Å²) in [5.41, 5.74) is 1.98. The molecule has 0 N–H and O–H groups in total. The lowest BCUT2D eigenvalue weighted by Crippen LogP contribution is -2.21. The molecule has 1 aromatic heterocycles. The summed E-state index contributed by atoms with van der Waals surface area (Å²) in [6, 6.07) is 14.6. The molecule has 25 heavy (non-hydrogen) atoms. The van der Waals surface area contributed by atoms with Gasteiger partial charge in [0.05, 0.1) is 12.2 Å². The van der Waals surface area contributed by atoms with Gasteiger partial charge in [0.1, 0.15) is 6.61 Å². The van der Waals surface area contributed by atoms with Gasteiger partial charge < -0.3 is 9.47 Å². The van der Waals surface area contributed by atoms with E-state index < -0.39 is 5.97 Å². The Morgan fingerprint density at radius 1 is 1.00 bits per heavy atom. The van der Waals surface area contributed by atoms with Gasteiger partial charge in [-0.25, -0.2) is 4.79 Å². The summed E-state index contributed by atoms with van der Waals surface area (Å²) in [6.07, 6.45) is 1.55. The normalized spacial score (nSPS) is 10.8. The summed E-state index contributed by atoms with van der Waals surface area (Å²) in [4.78, 5) is 25.3. The van der Waals surface area contributed by atoms with Crippen molar-refractivity contribution in [2.24, 2.45) is 0 Å². The summed E-state index contributed by atoms with van der Waals surface area (Å²) < 4.78 is 11.6. The predicted molar refractivity (Wildman–Crippen MR) is 96.4 cm³/mol. The number of methoxy groups -OCH3 is 1. The zero-order chi connectivity index (χ0) is 17.8. The Labute approximate surface area is 145 Å². The van der Waals surface area contributed by atoms with E-state index in [0.717, 1.165) is 5.56 Å². The molecule has 0 aliphatic heterocycles. The van der Waals surface area contributed by atoms with Crippen LogP contribution in [0.4, 0.5) is 0 Å². The summed E-state index contributed by atoms with van der Waals surface area (Å²) in [5.74, 6) is -0.478. The number of aryl methyl sites for hydroxylation is 1. The smallest absolute Gasteiger partial charge is 0.340 e. The number of nitrogens with zero attached hydrogens (tertiary/aromatic N) is 1. The van der Waals surface area contributed by atoms with E-state index >= 15 is 0 Å². The standard InChI is InChI=1S/C20H19NO4/c1-14-7-9-15(10-8-14)21-13-18(20(23)25-12-11-24-2)16-5-3-4-6-17(16)19(21)22/h3-10,13H,11-12H2,1-2H3. The summed E-state index contributed by atoms with van der Waals surface area (Å²) in [7, 11) is 1.54. The van der Waals surface area contributed by atoms with Crippen LogP contribution in [-0.4, -0.2) is 30.9 Å². The van der Waals surface area contributed by atoms with Crippen molar-refractivity contribution in [2.45, 2.75) is 6.92 Å². The van der Waals surface area contributed by atoms with E-state index in [1.165, 1.54) is 4.57 Å². The molecule has 2 aromatic carbocycles. The van der Waals surface area contributed by atoms with Crippen LogP contribution in [0.5, 0.6) is 0 Å². The average molecular weight is 337 g/mol. The van der Waals surface area contributed by atoms with Gasteiger partial charge in [0.25, 0.3) is 5.56 Å². The molecule has 0 atom stereocenters. The number of fused-ring (bicyclic) bond motifs is 1. The van der Waals surface area contributed by atoms with Gasteiger partial charge in [-0.2, -0.15) is 0 Å². The molecule has 3 aromatic rings. The second-order valence-corrected chi connectivity index (χ2v) is 5.73. The topological polar surface area (TPSA) is 57.5 Å². The summed E-state index contributed by atoms with van der Waals surface area (Å²) in [6.45, 7) is 2.46. The first-order valence-corrected chi connectivity index (χ1v) is 7.99. The SMILES string of the molecule is COCCOC(=O)c1cn(-c2ccc(C)cc2)c(=O)c2ccccc12. The molecular weight excluding hydrogens is 318 g/mol. The summed E-state index contributed by atoms with van der Waals surface area (Å²) >= 11 is 0. The third kappa shape index (κ3) is 3.46. The second kappa shape index (κ2) is 7.32. The highest BCUT2D eigenvalue weighted by atomic mass is 16.6. The molecule has 0 aliphatic rings. The van der Waals surface area contributed by atoms with Gasteiger partial charge in [0.15, 0.2) is 0 Å². The molecule has 3 rings (SSSR count). The van der Waals surface area contributed by atoms with Gasteiger partial charge in [-0.1, -0.05) is 35.9 Å². The molecule has 0 saturated heterocycles. The van der Waals surface area contributed by atoms with Crippen molar-refractivity contribution in [1.29, 1.82) is 0 Å². The zero-order valence-electron chi connectivity index (χ0n) is 14.2. The molecule has 5 nitrogen and oxygen atoms in total. The van der Waals surface area contributed by atoms with Crippen molar-refractivity contribution in [3.05, 3.63) is 76.2 Å². The Morgan fingerprint density at radius 3 is 2.36 bits per heavy atom. The quantitative estimate of drug-likeness (QED) is 0.530. The molecule has 128 valence electrons. The van der Waals surface area contributed by atoms with Crippen molar-refractivity contribution in [3.63, 3.8) is 0 Å². The van der Waals surface area contributed by atoms with E-state index in [1.54, 1.807) is 37.6 Å². The number of hydrogen-bond acceptors (Lipinski definition) is 4. The van der Waals surface area contributed by atoms with Gasteiger partial charge in [-0.15, -0.1) is 0 Å². The van der Waals surface area contributed by atoms with Crippen LogP contribution in [0.3, 0.4) is 0 Å². The number of rotatable bonds is 5. The van der Waals surface area contributed by atoms with E-state index in [-0.39, 0.29) is 12.2 Å². The number of ether oxygens (including phenoxy) is 2. The maximum Gasteiger partial charge on any atom is 0.340 e. The fourth-order valence-corrected chi connectivity index (χ4v) is 2.65. The van der Waals surface area contributed by atoms with E-state index in [4.69, 9.17) is 9.47 Å². The van der Waals surface area contributed by atoms with Crippen LogP contribution >= 0.6 is 0 Å². The predicted octanol–water partition coefficient (Wildman–Crippen LogP) is 3.10. The third-order valence-electron chi connectivity index (χ3n) is 3.98. The Balaban J connectivity index is 2.15. The highest BCUT2D eigenvalue weighted by Gasteiger charge is 2.16. The zero-order valence-corrected chi connectivity index (χ0v) is 14.2. The maximum atomic E-state index is 12.8. The monoisotopic (exact) mass is 337 g/mol. The third-order valence-corrected chi connectivity index (χ3v) is 3.98.